The number of rotatable bonds is 17. The van der Waals surface area contributed by atoms with Gasteiger partial charge in [0.25, 0.3) is 0 Å². The lowest BCUT2D eigenvalue weighted by atomic mass is 9.97. The Morgan fingerprint density at radius 2 is 1.27 bits per heavy atom. The third-order valence-electron chi connectivity index (χ3n) is 4.06. The molecule has 0 fully saturated rings. The van der Waals surface area contributed by atoms with Crippen molar-refractivity contribution in [1.29, 1.82) is 0 Å². The molecule has 128 valence electrons. The molecule has 4 nitrogen and oxygen atoms in total. The van der Waals surface area contributed by atoms with Crippen LogP contribution in [0.5, 0.6) is 0 Å². The Morgan fingerprint density at radius 3 is 1.73 bits per heavy atom. The summed E-state index contributed by atoms with van der Waals surface area (Å²) in [5.41, 5.74) is 0. The Morgan fingerprint density at radius 1 is 0.773 bits per heavy atom. The van der Waals surface area contributed by atoms with Crippen LogP contribution < -0.4 is 0 Å². The minimum Gasteiger partial charge on any atom is -0.481 e. The zero-order valence-electron chi connectivity index (χ0n) is 13.8. The SMILES string of the molecule is O=CCCC(C=O)CCCCCCCCCCCCC(=O)O. The first kappa shape index (κ1) is 20.8. The highest BCUT2D eigenvalue weighted by Gasteiger charge is 2.06. The van der Waals surface area contributed by atoms with E-state index < -0.39 is 5.97 Å². The molecule has 4 heteroatoms. The molecule has 0 aromatic carbocycles. The van der Waals surface area contributed by atoms with Gasteiger partial charge in [-0.15, -0.1) is 0 Å². The van der Waals surface area contributed by atoms with Gasteiger partial charge >= 0.3 is 5.97 Å². The van der Waals surface area contributed by atoms with Crippen molar-refractivity contribution in [2.24, 2.45) is 5.92 Å². The number of aliphatic carboxylic acids is 1. The van der Waals surface area contributed by atoms with Crippen molar-refractivity contribution in [3.63, 3.8) is 0 Å². The molecular formula is C18H32O4. The first-order valence-electron chi connectivity index (χ1n) is 8.81. The van der Waals surface area contributed by atoms with Crippen LogP contribution in [0.3, 0.4) is 0 Å². The number of unbranched alkanes of at least 4 members (excludes halogenated alkanes) is 9. The molecule has 0 spiro atoms. The van der Waals surface area contributed by atoms with Gasteiger partial charge in [-0.1, -0.05) is 57.8 Å². The number of carbonyl (C=O) groups excluding carboxylic acids is 2. The van der Waals surface area contributed by atoms with Gasteiger partial charge in [-0.2, -0.15) is 0 Å². The van der Waals surface area contributed by atoms with Crippen LogP contribution >= 0.6 is 0 Å². The molecule has 1 unspecified atom stereocenters. The van der Waals surface area contributed by atoms with Gasteiger partial charge in [0.15, 0.2) is 0 Å². The maximum Gasteiger partial charge on any atom is 0.303 e. The fourth-order valence-corrected chi connectivity index (χ4v) is 2.66. The van der Waals surface area contributed by atoms with Gasteiger partial charge in [-0.25, -0.2) is 0 Å². The van der Waals surface area contributed by atoms with Gasteiger partial charge in [0.2, 0.25) is 0 Å². The molecule has 0 saturated carbocycles. The van der Waals surface area contributed by atoms with E-state index in [1.807, 2.05) is 0 Å². The van der Waals surface area contributed by atoms with E-state index in [0.29, 0.717) is 19.3 Å². The molecule has 1 atom stereocenters. The van der Waals surface area contributed by atoms with E-state index in [9.17, 15) is 14.4 Å². The molecule has 0 aliphatic rings. The highest BCUT2D eigenvalue weighted by Crippen LogP contribution is 2.15. The Kier molecular flexibility index (Phi) is 15.3. The number of carboxylic acids is 1. The van der Waals surface area contributed by atoms with Crippen LogP contribution in [-0.4, -0.2) is 23.6 Å². The van der Waals surface area contributed by atoms with Gasteiger partial charge < -0.3 is 14.7 Å². The molecular weight excluding hydrogens is 280 g/mol. The van der Waals surface area contributed by atoms with Crippen LogP contribution in [-0.2, 0) is 14.4 Å². The number of aldehydes is 2. The largest absolute Gasteiger partial charge is 0.481 e. The zero-order chi connectivity index (χ0) is 16.5. The number of carboxylic acid groups (broad SMARTS) is 1. The first-order valence-corrected chi connectivity index (χ1v) is 8.81. The van der Waals surface area contributed by atoms with Crippen molar-refractivity contribution in [3.8, 4) is 0 Å². The number of hydrogen-bond donors (Lipinski definition) is 1. The predicted molar refractivity (Wildman–Crippen MR) is 87.9 cm³/mol. The van der Waals surface area contributed by atoms with E-state index in [2.05, 4.69) is 0 Å². The molecule has 0 saturated heterocycles. The molecule has 0 aromatic heterocycles. The fourth-order valence-electron chi connectivity index (χ4n) is 2.66. The van der Waals surface area contributed by atoms with Gasteiger partial charge in [0.05, 0.1) is 0 Å². The van der Waals surface area contributed by atoms with Crippen molar-refractivity contribution in [1.82, 2.24) is 0 Å². The molecule has 0 bridgehead atoms. The lowest BCUT2D eigenvalue weighted by Gasteiger charge is -2.07. The van der Waals surface area contributed by atoms with Gasteiger partial charge in [0.1, 0.15) is 12.6 Å². The van der Waals surface area contributed by atoms with E-state index in [1.165, 1.54) is 38.5 Å². The van der Waals surface area contributed by atoms with Crippen LogP contribution in [0.15, 0.2) is 0 Å². The Bertz CT molecular complexity index is 289. The van der Waals surface area contributed by atoms with Crippen LogP contribution in [0.25, 0.3) is 0 Å². The smallest absolute Gasteiger partial charge is 0.303 e. The highest BCUT2D eigenvalue weighted by molar-refractivity contribution is 5.66. The van der Waals surface area contributed by atoms with Crippen LogP contribution in [0.4, 0.5) is 0 Å². The maximum absolute atomic E-state index is 10.8. The molecule has 0 aliphatic heterocycles. The summed E-state index contributed by atoms with van der Waals surface area (Å²) in [7, 11) is 0. The number of carbonyl (C=O) groups is 3. The minimum absolute atomic E-state index is 0.0657. The maximum atomic E-state index is 10.8. The standard InChI is InChI=1S/C18H32O4/c19-15-11-13-17(16-20)12-9-7-5-3-1-2-4-6-8-10-14-18(21)22/h15-17H,1-14H2,(H,21,22). The average molecular weight is 312 g/mol. The molecule has 0 radical (unpaired) electrons. The van der Waals surface area contributed by atoms with Crippen molar-refractivity contribution in [2.75, 3.05) is 0 Å². The Balaban J connectivity index is 3.21. The second kappa shape index (κ2) is 16.2. The summed E-state index contributed by atoms with van der Waals surface area (Å²) < 4.78 is 0. The van der Waals surface area contributed by atoms with Crippen LogP contribution in [0.1, 0.15) is 89.9 Å². The van der Waals surface area contributed by atoms with E-state index in [-0.39, 0.29) is 5.92 Å². The zero-order valence-corrected chi connectivity index (χ0v) is 13.8. The second-order valence-electron chi connectivity index (χ2n) is 6.11. The lowest BCUT2D eigenvalue weighted by Crippen LogP contribution is -2.02. The molecule has 1 N–H and O–H groups in total. The van der Waals surface area contributed by atoms with Gasteiger partial charge in [-0.3, -0.25) is 4.79 Å². The third-order valence-corrected chi connectivity index (χ3v) is 4.06. The monoisotopic (exact) mass is 312 g/mol. The van der Waals surface area contributed by atoms with Crippen molar-refractivity contribution in [3.05, 3.63) is 0 Å². The summed E-state index contributed by atoms with van der Waals surface area (Å²) in [6.45, 7) is 0. The topological polar surface area (TPSA) is 71.4 Å². The second-order valence-corrected chi connectivity index (χ2v) is 6.11. The fraction of sp³-hybridized carbons (Fsp3) is 0.833. The summed E-state index contributed by atoms with van der Waals surface area (Å²) in [4.78, 5) is 31.4. The molecule has 0 heterocycles. The summed E-state index contributed by atoms with van der Waals surface area (Å²) in [6.07, 6.45) is 15.7. The van der Waals surface area contributed by atoms with E-state index in [4.69, 9.17) is 5.11 Å². The van der Waals surface area contributed by atoms with E-state index >= 15 is 0 Å². The first-order chi connectivity index (χ1) is 10.7. The molecule has 0 rings (SSSR count). The van der Waals surface area contributed by atoms with Crippen molar-refractivity contribution in [2.45, 2.75) is 89.9 Å². The average Bonchev–Trinajstić information content (AvgIpc) is 2.51. The van der Waals surface area contributed by atoms with Gasteiger partial charge in [-0.05, 0) is 19.3 Å². The third kappa shape index (κ3) is 15.2. The minimum atomic E-state index is -0.692. The molecule has 0 aromatic rings. The van der Waals surface area contributed by atoms with Crippen molar-refractivity contribution >= 4 is 18.5 Å². The highest BCUT2D eigenvalue weighted by atomic mass is 16.4. The summed E-state index contributed by atoms with van der Waals surface area (Å²) >= 11 is 0. The van der Waals surface area contributed by atoms with E-state index in [0.717, 1.165) is 44.7 Å². The summed E-state index contributed by atoms with van der Waals surface area (Å²) in [5.74, 6) is -0.626. The normalized spacial score (nSPS) is 12.0. The van der Waals surface area contributed by atoms with Crippen molar-refractivity contribution < 1.29 is 19.5 Å². The quantitative estimate of drug-likeness (QED) is 0.316. The van der Waals surface area contributed by atoms with E-state index in [1.54, 1.807) is 0 Å². The molecule has 0 aliphatic carbocycles. The summed E-state index contributed by atoms with van der Waals surface area (Å²) in [5, 5.41) is 8.51. The molecule has 0 amide bonds. The lowest BCUT2D eigenvalue weighted by molar-refractivity contribution is -0.137. The Labute approximate surface area is 134 Å². The molecule has 22 heavy (non-hydrogen) atoms. The van der Waals surface area contributed by atoms with Gasteiger partial charge in [0, 0.05) is 18.8 Å². The predicted octanol–water partition coefficient (Wildman–Crippen LogP) is 4.55. The summed E-state index contributed by atoms with van der Waals surface area (Å²) in [6, 6.07) is 0. The number of hydrogen-bond acceptors (Lipinski definition) is 3. The van der Waals surface area contributed by atoms with Crippen LogP contribution in [0.2, 0.25) is 0 Å². The van der Waals surface area contributed by atoms with Crippen LogP contribution in [0, 0.1) is 5.92 Å². The Hall–Kier alpha value is -1.19.